The molecule has 1 amide bonds. The predicted octanol–water partition coefficient (Wildman–Crippen LogP) is 5.21. The number of carbonyl (C=O) groups is 1. The molecule has 0 unspecified atom stereocenters. The second kappa shape index (κ2) is 10.6. The van der Waals surface area contributed by atoms with Gasteiger partial charge in [0.2, 0.25) is 0 Å². The molecule has 1 aliphatic carbocycles. The molecule has 2 N–H and O–H groups in total. The maximum Gasteiger partial charge on any atom is 0.262 e. The van der Waals surface area contributed by atoms with Gasteiger partial charge in [-0.2, -0.15) is 0 Å². The largest absolute Gasteiger partial charge is 0.493 e. The van der Waals surface area contributed by atoms with Crippen LogP contribution in [0.4, 0.5) is 5.69 Å². The lowest BCUT2D eigenvalue weighted by Crippen LogP contribution is -2.30. The van der Waals surface area contributed by atoms with Crippen LogP contribution in [-0.4, -0.2) is 25.7 Å². The molecule has 1 aliphatic rings. The number of hydrogen-bond acceptors (Lipinski definition) is 4. The molecule has 29 heavy (non-hydrogen) atoms. The first-order chi connectivity index (χ1) is 14.0. The van der Waals surface area contributed by atoms with Crippen molar-refractivity contribution in [1.29, 1.82) is 0 Å². The third-order valence-corrected chi connectivity index (χ3v) is 5.95. The summed E-state index contributed by atoms with van der Waals surface area (Å²) in [4.78, 5) is 12.2. The van der Waals surface area contributed by atoms with Crippen LogP contribution in [0.1, 0.15) is 43.2 Å². The summed E-state index contributed by atoms with van der Waals surface area (Å²) in [6, 6.07) is 12.1. The maximum absolute atomic E-state index is 12.2. The number of aryl methyl sites for hydroxylation is 1. The van der Waals surface area contributed by atoms with Crippen LogP contribution in [0, 0.1) is 6.92 Å². The van der Waals surface area contributed by atoms with Gasteiger partial charge in [-0.25, -0.2) is 0 Å². The molecule has 0 aromatic heterocycles. The second-order valence-electron chi connectivity index (χ2n) is 7.51. The van der Waals surface area contributed by atoms with Gasteiger partial charge in [0.1, 0.15) is 0 Å². The molecule has 0 heterocycles. The van der Waals surface area contributed by atoms with Crippen LogP contribution in [0.5, 0.6) is 11.5 Å². The zero-order valence-electron chi connectivity index (χ0n) is 17.1. The Hall–Kier alpha value is -2.05. The van der Waals surface area contributed by atoms with E-state index in [9.17, 15) is 4.79 Å². The molecule has 0 saturated heterocycles. The van der Waals surface area contributed by atoms with Crippen molar-refractivity contribution < 1.29 is 14.3 Å². The van der Waals surface area contributed by atoms with Crippen molar-refractivity contribution in [3.8, 4) is 11.5 Å². The highest BCUT2D eigenvalue weighted by atomic mass is 79.9. The molecule has 1 fully saturated rings. The minimum Gasteiger partial charge on any atom is -0.493 e. The normalized spacial score (nSPS) is 14.4. The Kier molecular flexibility index (Phi) is 7.95. The highest BCUT2D eigenvalue weighted by Gasteiger charge is 2.15. The van der Waals surface area contributed by atoms with E-state index in [-0.39, 0.29) is 12.5 Å². The summed E-state index contributed by atoms with van der Waals surface area (Å²) in [5.41, 5.74) is 3.01. The fourth-order valence-electron chi connectivity index (χ4n) is 3.52. The number of methoxy groups -OCH3 is 1. The van der Waals surface area contributed by atoms with Crippen molar-refractivity contribution in [1.82, 2.24) is 5.32 Å². The van der Waals surface area contributed by atoms with E-state index in [0.29, 0.717) is 17.5 Å². The van der Waals surface area contributed by atoms with Crippen LogP contribution >= 0.6 is 15.9 Å². The maximum atomic E-state index is 12.2. The molecule has 6 heteroatoms. The quantitative estimate of drug-likeness (QED) is 0.567. The van der Waals surface area contributed by atoms with Gasteiger partial charge in [-0.05, 0) is 49.6 Å². The Morgan fingerprint density at radius 1 is 1.10 bits per heavy atom. The van der Waals surface area contributed by atoms with Gasteiger partial charge in [-0.3, -0.25) is 4.79 Å². The topological polar surface area (TPSA) is 59.6 Å². The second-order valence-corrected chi connectivity index (χ2v) is 8.37. The first-order valence-corrected chi connectivity index (χ1v) is 10.9. The predicted molar refractivity (Wildman–Crippen MR) is 120 cm³/mol. The molecule has 1 saturated carbocycles. The van der Waals surface area contributed by atoms with E-state index < -0.39 is 0 Å². The minimum absolute atomic E-state index is 0.0870. The zero-order chi connectivity index (χ0) is 20.6. The van der Waals surface area contributed by atoms with E-state index in [1.165, 1.54) is 32.1 Å². The fourth-order valence-corrected chi connectivity index (χ4v) is 3.99. The van der Waals surface area contributed by atoms with E-state index in [2.05, 4.69) is 26.6 Å². The summed E-state index contributed by atoms with van der Waals surface area (Å²) in [6.45, 7) is 2.69. The minimum atomic E-state index is -0.213. The standard InChI is InChI=1S/C23H29BrN2O3/c1-16-8-10-19(11-9-16)26-23(27)15-29-22-13-20(24)17(12-21(22)28-2)14-25-18-6-4-3-5-7-18/h8-13,18,25H,3-7,14-15H2,1-2H3,(H,26,27). The molecule has 0 aliphatic heterocycles. The number of hydrogen-bond donors (Lipinski definition) is 2. The van der Waals surface area contributed by atoms with Gasteiger partial charge in [0.15, 0.2) is 18.1 Å². The van der Waals surface area contributed by atoms with E-state index in [1.54, 1.807) is 7.11 Å². The van der Waals surface area contributed by atoms with Gasteiger partial charge in [0.25, 0.3) is 5.91 Å². The van der Waals surface area contributed by atoms with Gasteiger partial charge < -0.3 is 20.1 Å². The number of ether oxygens (including phenoxy) is 2. The van der Waals surface area contributed by atoms with Gasteiger partial charge in [0, 0.05) is 22.7 Å². The SMILES string of the molecule is COc1cc(CNC2CCCCC2)c(Br)cc1OCC(=O)Nc1ccc(C)cc1. The Balaban J connectivity index is 1.57. The summed E-state index contributed by atoms with van der Waals surface area (Å²) in [5, 5.41) is 6.47. The first-order valence-electron chi connectivity index (χ1n) is 10.1. The Bertz CT molecular complexity index is 818. The molecule has 3 rings (SSSR count). The van der Waals surface area contributed by atoms with Crippen LogP contribution in [-0.2, 0) is 11.3 Å². The van der Waals surface area contributed by atoms with E-state index >= 15 is 0 Å². The smallest absolute Gasteiger partial charge is 0.262 e. The molecular formula is C23H29BrN2O3. The average molecular weight is 461 g/mol. The number of nitrogens with one attached hydrogen (secondary N) is 2. The lowest BCUT2D eigenvalue weighted by molar-refractivity contribution is -0.118. The monoisotopic (exact) mass is 460 g/mol. The fraction of sp³-hybridized carbons (Fsp3) is 0.435. The van der Waals surface area contributed by atoms with Crippen LogP contribution in [0.15, 0.2) is 40.9 Å². The molecule has 0 radical (unpaired) electrons. The van der Waals surface area contributed by atoms with Crippen LogP contribution in [0.3, 0.4) is 0 Å². The zero-order valence-corrected chi connectivity index (χ0v) is 18.7. The highest BCUT2D eigenvalue weighted by molar-refractivity contribution is 9.10. The van der Waals surface area contributed by atoms with Crippen molar-refractivity contribution in [3.63, 3.8) is 0 Å². The molecule has 0 atom stereocenters. The van der Waals surface area contributed by atoms with Crippen molar-refractivity contribution >= 4 is 27.5 Å². The number of carbonyl (C=O) groups excluding carboxylic acids is 1. The third kappa shape index (κ3) is 6.47. The number of benzene rings is 2. The molecule has 2 aromatic carbocycles. The van der Waals surface area contributed by atoms with Gasteiger partial charge >= 0.3 is 0 Å². The van der Waals surface area contributed by atoms with Gasteiger partial charge in [-0.15, -0.1) is 0 Å². The van der Waals surface area contributed by atoms with E-state index in [4.69, 9.17) is 9.47 Å². The van der Waals surface area contributed by atoms with Gasteiger partial charge in [0.05, 0.1) is 7.11 Å². The number of halogens is 1. The van der Waals surface area contributed by atoms with Crippen LogP contribution in [0.2, 0.25) is 0 Å². The molecule has 5 nitrogen and oxygen atoms in total. The lowest BCUT2D eigenvalue weighted by atomic mass is 9.95. The summed E-state index contributed by atoms with van der Waals surface area (Å²) in [5.74, 6) is 0.951. The molecule has 2 aromatic rings. The van der Waals surface area contributed by atoms with Crippen molar-refractivity contribution in [3.05, 3.63) is 52.0 Å². The molecule has 0 bridgehead atoms. The van der Waals surface area contributed by atoms with Crippen molar-refractivity contribution in [2.75, 3.05) is 19.0 Å². The van der Waals surface area contributed by atoms with Crippen LogP contribution < -0.4 is 20.1 Å². The summed E-state index contributed by atoms with van der Waals surface area (Å²) >= 11 is 3.63. The number of amides is 1. The highest BCUT2D eigenvalue weighted by Crippen LogP contribution is 2.34. The van der Waals surface area contributed by atoms with E-state index in [0.717, 1.165) is 27.8 Å². The number of anilines is 1. The summed E-state index contributed by atoms with van der Waals surface area (Å²) in [7, 11) is 1.61. The summed E-state index contributed by atoms with van der Waals surface area (Å²) < 4.78 is 12.2. The Labute approximate surface area is 181 Å². The first kappa shape index (κ1) is 21.7. The lowest BCUT2D eigenvalue weighted by Gasteiger charge is -2.23. The number of rotatable bonds is 8. The third-order valence-electron chi connectivity index (χ3n) is 5.21. The Morgan fingerprint density at radius 3 is 2.52 bits per heavy atom. The van der Waals surface area contributed by atoms with Gasteiger partial charge in [-0.1, -0.05) is 52.9 Å². The van der Waals surface area contributed by atoms with Crippen molar-refractivity contribution in [2.45, 2.75) is 51.6 Å². The average Bonchev–Trinajstić information content (AvgIpc) is 2.74. The molecular weight excluding hydrogens is 432 g/mol. The Morgan fingerprint density at radius 2 is 1.83 bits per heavy atom. The van der Waals surface area contributed by atoms with Crippen LogP contribution in [0.25, 0.3) is 0 Å². The van der Waals surface area contributed by atoms with E-state index in [1.807, 2.05) is 43.3 Å². The molecule has 156 valence electrons. The summed E-state index contributed by atoms with van der Waals surface area (Å²) in [6.07, 6.45) is 6.44. The molecule has 0 spiro atoms. The van der Waals surface area contributed by atoms with Crippen molar-refractivity contribution in [2.24, 2.45) is 0 Å².